The second-order valence-electron chi connectivity index (χ2n) is 3.35. The predicted octanol–water partition coefficient (Wildman–Crippen LogP) is 2.55. The second-order valence-corrected chi connectivity index (χ2v) is 4.20. The summed E-state index contributed by atoms with van der Waals surface area (Å²) in [6.45, 7) is 4.09. The van der Waals surface area contributed by atoms with Crippen molar-refractivity contribution in [2.24, 2.45) is 0 Å². The molecule has 0 fully saturated rings. The molecule has 2 aromatic rings. The Bertz CT molecular complexity index is 488. The van der Waals surface area contributed by atoms with Crippen LogP contribution >= 0.6 is 15.9 Å². The Balaban J connectivity index is 2.80. The first-order valence-electron chi connectivity index (χ1n) is 4.56. The minimum Gasteiger partial charge on any atom is -0.395 e. The van der Waals surface area contributed by atoms with Crippen LogP contribution in [0.2, 0.25) is 0 Å². The average molecular weight is 254 g/mol. The molecule has 14 heavy (non-hydrogen) atoms. The number of nitrogen functional groups attached to an aromatic ring is 1. The highest BCUT2D eigenvalue weighted by Crippen LogP contribution is 2.24. The third-order valence-corrected chi connectivity index (χ3v) is 3.21. The summed E-state index contributed by atoms with van der Waals surface area (Å²) in [6, 6.07) is 2.01. The first-order chi connectivity index (χ1) is 6.63. The van der Waals surface area contributed by atoms with E-state index in [0.29, 0.717) is 0 Å². The molecule has 0 saturated heterocycles. The fraction of sp³-hybridized carbons (Fsp3) is 0.300. The Labute approximate surface area is 91.0 Å². The van der Waals surface area contributed by atoms with Gasteiger partial charge in [0.05, 0.1) is 16.9 Å². The van der Waals surface area contributed by atoms with Crippen molar-refractivity contribution in [3.63, 3.8) is 0 Å². The molecule has 3 nitrogen and oxygen atoms in total. The van der Waals surface area contributed by atoms with Gasteiger partial charge in [0.2, 0.25) is 0 Å². The number of hydrogen-bond donors (Lipinski definition) is 1. The van der Waals surface area contributed by atoms with Gasteiger partial charge in [-0.15, -0.1) is 0 Å². The lowest BCUT2D eigenvalue weighted by molar-refractivity contribution is 0.892. The van der Waals surface area contributed by atoms with E-state index in [1.54, 1.807) is 0 Å². The lowest BCUT2D eigenvalue weighted by Gasteiger charge is -1.99. The molecule has 4 heteroatoms. The standard InChI is InChI=1S/C10H12BrN3/c1-3-8-10(12)9-4-7(11)6(2)5-14(9)13-8/h4-5H,3,12H2,1-2H3. The third-order valence-electron chi connectivity index (χ3n) is 2.35. The molecule has 0 bridgehead atoms. The molecule has 2 heterocycles. The molecule has 0 aromatic carbocycles. The van der Waals surface area contributed by atoms with Gasteiger partial charge in [0.1, 0.15) is 0 Å². The van der Waals surface area contributed by atoms with Crippen LogP contribution in [-0.4, -0.2) is 9.61 Å². The maximum atomic E-state index is 5.96. The number of rotatable bonds is 1. The molecule has 0 saturated carbocycles. The van der Waals surface area contributed by atoms with Crippen LogP contribution in [0.4, 0.5) is 5.69 Å². The number of pyridine rings is 1. The summed E-state index contributed by atoms with van der Waals surface area (Å²) in [5.41, 5.74) is 9.84. The van der Waals surface area contributed by atoms with Crippen molar-refractivity contribution >= 4 is 27.1 Å². The molecule has 2 aromatic heterocycles. The van der Waals surface area contributed by atoms with Crippen molar-refractivity contribution in [2.45, 2.75) is 20.3 Å². The van der Waals surface area contributed by atoms with Crippen LogP contribution in [0, 0.1) is 6.92 Å². The van der Waals surface area contributed by atoms with Gasteiger partial charge in [-0.1, -0.05) is 22.9 Å². The van der Waals surface area contributed by atoms with Gasteiger partial charge in [0, 0.05) is 10.7 Å². The van der Waals surface area contributed by atoms with E-state index in [-0.39, 0.29) is 0 Å². The van der Waals surface area contributed by atoms with Crippen LogP contribution in [0.3, 0.4) is 0 Å². The van der Waals surface area contributed by atoms with E-state index < -0.39 is 0 Å². The fourth-order valence-corrected chi connectivity index (χ4v) is 1.81. The first kappa shape index (κ1) is 9.52. The molecular formula is C10H12BrN3. The Morgan fingerprint density at radius 1 is 1.57 bits per heavy atom. The summed E-state index contributed by atoms with van der Waals surface area (Å²) in [5.74, 6) is 0. The van der Waals surface area contributed by atoms with Gasteiger partial charge in [0.25, 0.3) is 0 Å². The molecule has 2 rings (SSSR count). The Kier molecular flexibility index (Phi) is 2.23. The van der Waals surface area contributed by atoms with Crippen molar-refractivity contribution in [3.05, 3.63) is 28.0 Å². The zero-order valence-corrected chi connectivity index (χ0v) is 9.80. The van der Waals surface area contributed by atoms with Crippen LogP contribution in [0.25, 0.3) is 5.52 Å². The van der Waals surface area contributed by atoms with E-state index in [1.807, 2.05) is 23.7 Å². The van der Waals surface area contributed by atoms with Gasteiger partial charge in [-0.2, -0.15) is 5.10 Å². The van der Waals surface area contributed by atoms with Crippen LogP contribution in [0.5, 0.6) is 0 Å². The molecule has 0 aliphatic carbocycles. The number of nitrogens with two attached hydrogens (primary N) is 1. The highest BCUT2D eigenvalue weighted by molar-refractivity contribution is 9.10. The topological polar surface area (TPSA) is 43.3 Å². The van der Waals surface area contributed by atoms with Crippen LogP contribution in [-0.2, 0) is 6.42 Å². The quantitative estimate of drug-likeness (QED) is 0.849. The van der Waals surface area contributed by atoms with Crippen molar-refractivity contribution in [3.8, 4) is 0 Å². The van der Waals surface area contributed by atoms with Gasteiger partial charge in [-0.25, -0.2) is 4.52 Å². The number of hydrogen-bond acceptors (Lipinski definition) is 2. The van der Waals surface area contributed by atoms with Crippen molar-refractivity contribution in [1.82, 2.24) is 9.61 Å². The van der Waals surface area contributed by atoms with E-state index in [2.05, 4.69) is 28.0 Å². The van der Waals surface area contributed by atoms with Gasteiger partial charge in [-0.05, 0) is 25.0 Å². The van der Waals surface area contributed by atoms with Gasteiger partial charge < -0.3 is 5.73 Å². The minimum atomic E-state index is 0.785. The largest absolute Gasteiger partial charge is 0.395 e. The molecule has 0 unspecified atom stereocenters. The van der Waals surface area contributed by atoms with Gasteiger partial charge >= 0.3 is 0 Å². The summed E-state index contributed by atoms with van der Waals surface area (Å²) in [7, 11) is 0. The number of anilines is 1. The first-order valence-corrected chi connectivity index (χ1v) is 5.35. The van der Waals surface area contributed by atoms with Crippen molar-refractivity contribution < 1.29 is 0 Å². The van der Waals surface area contributed by atoms with E-state index in [1.165, 1.54) is 0 Å². The van der Waals surface area contributed by atoms with E-state index in [0.717, 1.165) is 33.4 Å². The fourth-order valence-electron chi connectivity index (χ4n) is 1.49. The Morgan fingerprint density at radius 2 is 2.29 bits per heavy atom. The average Bonchev–Trinajstić information content (AvgIpc) is 2.45. The summed E-state index contributed by atoms with van der Waals surface area (Å²) in [4.78, 5) is 0. The van der Waals surface area contributed by atoms with Gasteiger partial charge in [0.15, 0.2) is 0 Å². The number of fused-ring (bicyclic) bond motifs is 1. The van der Waals surface area contributed by atoms with E-state index >= 15 is 0 Å². The summed E-state index contributed by atoms with van der Waals surface area (Å²) in [5, 5.41) is 4.40. The lowest BCUT2D eigenvalue weighted by Crippen LogP contribution is -1.90. The number of aryl methyl sites for hydroxylation is 2. The molecule has 74 valence electrons. The zero-order chi connectivity index (χ0) is 10.3. The summed E-state index contributed by atoms with van der Waals surface area (Å²) >= 11 is 3.48. The molecule has 0 spiro atoms. The summed E-state index contributed by atoms with van der Waals surface area (Å²) < 4.78 is 2.91. The molecular weight excluding hydrogens is 242 g/mol. The molecule has 0 atom stereocenters. The van der Waals surface area contributed by atoms with E-state index in [9.17, 15) is 0 Å². The molecule has 0 aliphatic rings. The lowest BCUT2D eigenvalue weighted by atomic mass is 10.2. The SMILES string of the molecule is CCc1nn2cc(C)c(Br)cc2c1N. The molecule has 2 N–H and O–H groups in total. The highest BCUT2D eigenvalue weighted by Gasteiger charge is 2.08. The molecule has 0 amide bonds. The normalized spacial score (nSPS) is 11.1. The van der Waals surface area contributed by atoms with Crippen molar-refractivity contribution in [1.29, 1.82) is 0 Å². The molecule has 0 aliphatic heterocycles. The predicted molar refractivity (Wildman–Crippen MR) is 61.4 cm³/mol. The Morgan fingerprint density at radius 3 is 2.93 bits per heavy atom. The minimum absolute atomic E-state index is 0.785. The van der Waals surface area contributed by atoms with Crippen LogP contribution < -0.4 is 5.73 Å². The third kappa shape index (κ3) is 1.30. The van der Waals surface area contributed by atoms with E-state index in [4.69, 9.17) is 5.73 Å². The molecule has 0 radical (unpaired) electrons. The number of halogens is 1. The van der Waals surface area contributed by atoms with Crippen LogP contribution in [0.15, 0.2) is 16.7 Å². The monoisotopic (exact) mass is 253 g/mol. The summed E-state index contributed by atoms with van der Waals surface area (Å²) in [6.07, 6.45) is 2.85. The highest BCUT2D eigenvalue weighted by atomic mass is 79.9. The maximum Gasteiger partial charge on any atom is 0.0905 e. The van der Waals surface area contributed by atoms with Crippen molar-refractivity contribution in [2.75, 3.05) is 5.73 Å². The Hall–Kier alpha value is -1.03. The maximum absolute atomic E-state index is 5.96. The van der Waals surface area contributed by atoms with Crippen LogP contribution in [0.1, 0.15) is 18.2 Å². The number of nitrogens with zero attached hydrogens (tertiary/aromatic N) is 2. The van der Waals surface area contributed by atoms with Gasteiger partial charge in [-0.3, -0.25) is 0 Å². The second kappa shape index (κ2) is 3.28. The zero-order valence-electron chi connectivity index (χ0n) is 8.21. The number of aromatic nitrogens is 2. The smallest absolute Gasteiger partial charge is 0.0905 e.